The van der Waals surface area contributed by atoms with Gasteiger partial charge in [0.25, 0.3) is 5.91 Å². The second-order valence-electron chi connectivity index (χ2n) is 7.33. The van der Waals surface area contributed by atoms with Gasteiger partial charge in [0, 0.05) is 36.6 Å². The molecule has 122 valence electrons. The van der Waals surface area contributed by atoms with Gasteiger partial charge in [0.1, 0.15) is 5.58 Å². The highest BCUT2D eigenvalue weighted by Crippen LogP contribution is 2.32. The largest absolute Gasteiger partial charge is 0.451 e. The van der Waals surface area contributed by atoms with Gasteiger partial charge < -0.3 is 14.2 Å². The molecule has 3 saturated heterocycles. The minimum Gasteiger partial charge on any atom is -0.451 e. The van der Waals surface area contributed by atoms with Gasteiger partial charge in [0.05, 0.1) is 0 Å². The number of aryl methyl sites for hydroxylation is 2. The average Bonchev–Trinajstić information content (AvgIpc) is 2.67. The molecule has 5 rings (SSSR count). The molecule has 4 nitrogen and oxygen atoms in total. The lowest BCUT2D eigenvalue weighted by Crippen LogP contribution is -2.47. The SMILES string of the molecule is Cc1ccc2oc(C(=O)N3C[C@@H]4CC[C@H]3CN(C)C4)c(C)c2c1. The topological polar surface area (TPSA) is 36.7 Å². The molecule has 0 saturated carbocycles. The van der Waals surface area contributed by atoms with Gasteiger partial charge in [-0.1, -0.05) is 11.6 Å². The number of piperidine rings is 1. The zero-order chi connectivity index (χ0) is 16.1. The van der Waals surface area contributed by atoms with Crippen LogP contribution in [0.2, 0.25) is 0 Å². The molecule has 1 aromatic carbocycles. The standard InChI is InChI=1S/C19H24N2O2/c1-12-4-7-17-16(8-12)13(2)18(23-17)19(22)21-10-14-5-6-15(21)11-20(3)9-14/h4,7-8,14-15H,5-6,9-11H2,1-3H3/t14-,15+/m1/s1. The maximum Gasteiger partial charge on any atom is 0.290 e. The van der Waals surface area contributed by atoms with Crippen LogP contribution in [-0.2, 0) is 0 Å². The van der Waals surface area contributed by atoms with E-state index >= 15 is 0 Å². The highest BCUT2D eigenvalue weighted by Gasteiger charge is 2.38. The first-order chi connectivity index (χ1) is 11.0. The van der Waals surface area contributed by atoms with E-state index in [1.807, 2.05) is 19.1 Å². The summed E-state index contributed by atoms with van der Waals surface area (Å²) in [7, 11) is 2.16. The number of fused-ring (bicyclic) bond motifs is 5. The summed E-state index contributed by atoms with van der Waals surface area (Å²) in [5.74, 6) is 1.19. The first-order valence-corrected chi connectivity index (χ1v) is 8.52. The number of benzene rings is 1. The van der Waals surface area contributed by atoms with E-state index in [4.69, 9.17) is 4.42 Å². The molecule has 2 bridgehead atoms. The quantitative estimate of drug-likeness (QED) is 0.811. The van der Waals surface area contributed by atoms with Gasteiger partial charge in [-0.2, -0.15) is 0 Å². The molecule has 4 heterocycles. The van der Waals surface area contributed by atoms with Crippen LogP contribution in [0, 0.1) is 19.8 Å². The van der Waals surface area contributed by atoms with Crippen LogP contribution in [0.1, 0.15) is 34.5 Å². The first-order valence-electron chi connectivity index (χ1n) is 8.52. The van der Waals surface area contributed by atoms with E-state index in [9.17, 15) is 4.79 Å². The third kappa shape index (κ3) is 2.45. The van der Waals surface area contributed by atoms with Crippen LogP contribution in [-0.4, -0.2) is 48.4 Å². The number of amides is 1. The lowest BCUT2D eigenvalue weighted by Gasteiger charge is -2.35. The van der Waals surface area contributed by atoms with Gasteiger partial charge in [-0.25, -0.2) is 0 Å². The van der Waals surface area contributed by atoms with Gasteiger partial charge >= 0.3 is 0 Å². The molecule has 0 spiro atoms. The Hall–Kier alpha value is -1.81. The summed E-state index contributed by atoms with van der Waals surface area (Å²) in [6.45, 7) is 7.00. The van der Waals surface area contributed by atoms with E-state index in [-0.39, 0.29) is 5.91 Å². The highest BCUT2D eigenvalue weighted by atomic mass is 16.3. The van der Waals surface area contributed by atoms with Crippen molar-refractivity contribution in [2.45, 2.75) is 32.7 Å². The predicted molar refractivity (Wildman–Crippen MR) is 90.7 cm³/mol. The lowest BCUT2D eigenvalue weighted by molar-refractivity contribution is 0.0556. The van der Waals surface area contributed by atoms with Gasteiger partial charge in [0.15, 0.2) is 5.76 Å². The minimum atomic E-state index is 0.0707. The molecule has 2 aromatic rings. The zero-order valence-corrected chi connectivity index (χ0v) is 14.1. The Balaban J connectivity index is 1.70. The molecule has 0 N–H and O–H groups in total. The van der Waals surface area contributed by atoms with Crippen molar-refractivity contribution >= 4 is 16.9 Å². The fraction of sp³-hybridized carbons (Fsp3) is 0.526. The Kier molecular flexibility index (Phi) is 3.45. The Morgan fingerprint density at radius 1 is 1.17 bits per heavy atom. The van der Waals surface area contributed by atoms with Crippen molar-refractivity contribution in [2.24, 2.45) is 5.92 Å². The monoisotopic (exact) mass is 312 g/mol. The molecular weight excluding hydrogens is 288 g/mol. The van der Waals surface area contributed by atoms with Gasteiger partial charge in [-0.15, -0.1) is 0 Å². The third-order valence-corrected chi connectivity index (χ3v) is 5.44. The molecular formula is C19H24N2O2. The Morgan fingerprint density at radius 3 is 2.83 bits per heavy atom. The molecule has 1 aromatic heterocycles. The third-order valence-electron chi connectivity index (χ3n) is 5.44. The molecule has 3 aliphatic heterocycles. The van der Waals surface area contributed by atoms with Crippen LogP contribution >= 0.6 is 0 Å². The summed E-state index contributed by atoms with van der Waals surface area (Å²) in [6, 6.07) is 6.42. The Bertz CT molecular complexity index is 764. The van der Waals surface area contributed by atoms with E-state index in [2.05, 4.69) is 29.8 Å². The number of carbonyl (C=O) groups is 1. The number of carbonyl (C=O) groups excluding carboxylic acids is 1. The van der Waals surface area contributed by atoms with Gasteiger partial charge in [0.2, 0.25) is 0 Å². The van der Waals surface area contributed by atoms with Crippen molar-refractivity contribution in [3.8, 4) is 0 Å². The summed E-state index contributed by atoms with van der Waals surface area (Å²) >= 11 is 0. The molecule has 3 fully saturated rings. The molecule has 2 atom stereocenters. The van der Waals surface area contributed by atoms with Crippen molar-refractivity contribution in [1.82, 2.24) is 9.80 Å². The van der Waals surface area contributed by atoms with E-state index in [0.717, 1.165) is 42.6 Å². The first kappa shape index (κ1) is 14.8. The van der Waals surface area contributed by atoms with Crippen LogP contribution in [0.3, 0.4) is 0 Å². The van der Waals surface area contributed by atoms with Gasteiger partial charge in [-0.3, -0.25) is 4.79 Å². The van der Waals surface area contributed by atoms with Crippen LogP contribution in [0.4, 0.5) is 0 Å². The maximum atomic E-state index is 13.1. The molecule has 4 heteroatoms. The predicted octanol–water partition coefficient (Wildman–Crippen LogP) is 3.22. The van der Waals surface area contributed by atoms with Crippen molar-refractivity contribution in [1.29, 1.82) is 0 Å². The molecule has 0 radical (unpaired) electrons. The number of furan rings is 1. The maximum absolute atomic E-state index is 13.1. The summed E-state index contributed by atoms with van der Waals surface area (Å²) in [4.78, 5) is 17.6. The highest BCUT2D eigenvalue weighted by molar-refractivity contribution is 5.99. The van der Waals surface area contributed by atoms with Crippen LogP contribution in [0.5, 0.6) is 0 Å². The van der Waals surface area contributed by atoms with Crippen molar-refractivity contribution in [3.05, 3.63) is 35.1 Å². The minimum absolute atomic E-state index is 0.0707. The summed E-state index contributed by atoms with van der Waals surface area (Å²) in [6.07, 6.45) is 2.34. The number of rotatable bonds is 1. The molecule has 1 amide bonds. The summed E-state index contributed by atoms with van der Waals surface area (Å²) < 4.78 is 5.94. The molecule has 3 aliphatic rings. The fourth-order valence-electron chi connectivity index (χ4n) is 4.23. The van der Waals surface area contributed by atoms with Crippen molar-refractivity contribution < 1.29 is 9.21 Å². The number of nitrogens with zero attached hydrogens (tertiary/aromatic N) is 2. The zero-order valence-electron chi connectivity index (χ0n) is 14.1. The van der Waals surface area contributed by atoms with E-state index in [1.165, 1.54) is 12.0 Å². The summed E-state index contributed by atoms with van der Waals surface area (Å²) in [5, 5.41) is 1.06. The Morgan fingerprint density at radius 2 is 2.00 bits per heavy atom. The van der Waals surface area contributed by atoms with Crippen LogP contribution in [0.25, 0.3) is 11.0 Å². The van der Waals surface area contributed by atoms with E-state index in [1.54, 1.807) is 0 Å². The fourth-order valence-corrected chi connectivity index (χ4v) is 4.23. The van der Waals surface area contributed by atoms with Gasteiger partial charge in [-0.05, 0) is 51.8 Å². The smallest absolute Gasteiger partial charge is 0.290 e. The van der Waals surface area contributed by atoms with E-state index < -0.39 is 0 Å². The van der Waals surface area contributed by atoms with E-state index in [0.29, 0.717) is 17.7 Å². The lowest BCUT2D eigenvalue weighted by atomic mass is 9.94. The molecule has 23 heavy (non-hydrogen) atoms. The summed E-state index contributed by atoms with van der Waals surface area (Å²) in [5.41, 5.74) is 2.98. The molecule has 0 aliphatic carbocycles. The number of hydrogen-bond donors (Lipinski definition) is 0. The second kappa shape index (κ2) is 5.38. The normalized spacial score (nSPS) is 25.1. The number of likely N-dealkylation sites (N-methyl/N-ethyl adjacent to an activating group) is 1. The van der Waals surface area contributed by atoms with Crippen LogP contribution < -0.4 is 0 Å². The number of hydrogen-bond acceptors (Lipinski definition) is 3. The van der Waals surface area contributed by atoms with Crippen molar-refractivity contribution in [3.63, 3.8) is 0 Å². The second-order valence-corrected chi connectivity index (χ2v) is 7.33. The van der Waals surface area contributed by atoms with Crippen LogP contribution in [0.15, 0.2) is 22.6 Å². The average molecular weight is 312 g/mol. The van der Waals surface area contributed by atoms with Crippen molar-refractivity contribution in [2.75, 3.05) is 26.7 Å². The Labute approximate surface area is 137 Å². The molecule has 0 unspecified atom stereocenters.